The monoisotopic (exact) mass is 311 g/mol. The number of hydrogen-bond donors (Lipinski definition) is 1. The Morgan fingerprint density at radius 1 is 1.22 bits per heavy atom. The van der Waals surface area contributed by atoms with Crippen LogP contribution in [0.2, 0.25) is 0 Å². The lowest BCUT2D eigenvalue weighted by molar-refractivity contribution is -0.514. The normalized spacial score (nSPS) is 20.1. The van der Waals surface area contributed by atoms with Crippen LogP contribution in [0.25, 0.3) is 23.0 Å². The standard InChI is InChI=1S/C18H21N3O2/c22-21(23)16(13-6-2-1-3-7-13)10-17-14-8-4-5-9-15(14)18-11-19-12-20(17)18/h4-5,8-11,13,16,19H,1-3,6-7,12H2/b17-10-. The van der Waals surface area contributed by atoms with Gasteiger partial charge in [0.25, 0.3) is 0 Å². The molecule has 1 atom stereocenters. The van der Waals surface area contributed by atoms with Crippen molar-refractivity contribution in [2.75, 3.05) is 0 Å². The molecule has 2 heterocycles. The Balaban J connectivity index is 1.89. The maximum atomic E-state index is 11.7. The summed E-state index contributed by atoms with van der Waals surface area (Å²) in [5.41, 5.74) is 0. The molecule has 1 aliphatic heterocycles. The molecular weight excluding hydrogens is 290 g/mol. The van der Waals surface area contributed by atoms with Crippen molar-refractivity contribution in [2.24, 2.45) is 5.92 Å². The fourth-order valence-corrected chi connectivity index (χ4v) is 4.10. The maximum absolute atomic E-state index is 11.7. The zero-order valence-electron chi connectivity index (χ0n) is 13.1. The average molecular weight is 311 g/mol. The Hall–Kier alpha value is -2.30. The van der Waals surface area contributed by atoms with E-state index in [9.17, 15) is 10.1 Å². The van der Waals surface area contributed by atoms with Crippen LogP contribution in [-0.4, -0.2) is 15.5 Å². The van der Waals surface area contributed by atoms with Gasteiger partial charge in [0.1, 0.15) is 0 Å². The van der Waals surface area contributed by atoms with Crippen molar-refractivity contribution >= 4 is 23.0 Å². The van der Waals surface area contributed by atoms with Crippen molar-refractivity contribution in [3.05, 3.63) is 45.1 Å². The SMILES string of the molecule is O=[N+]([O-])C(/C=c1/c2ccccc2c2n1CNC=2)C1CCCCC1. The van der Waals surface area contributed by atoms with Crippen LogP contribution in [-0.2, 0) is 6.67 Å². The molecule has 5 nitrogen and oxygen atoms in total. The third-order valence-electron chi connectivity index (χ3n) is 5.25. The van der Waals surface area contributed by atoms with Crippen molar-refractivity contribution in [3.63, 3.8) is 0 Å². The van der Waals surface area contributed by atoms with Crippen molar-refractivity contribution < 1.29 is 4.92 Å². The van der Waals surface area contributed by atoms with Crippen molar-refractivity contribution in [3.8, 4) is 0 Å². The van der Waals surface area contributed by atoms with Gasteiger partial charge in [-0.3, -0.25) is 10.1 Å². The molecule has 1 aliphatic carbocycles. The first kappa shape index (κ1) is 14.3. The van der Waals surface area contributed by atoms with E-state index in [1.165, 1.54) is 6.42 Å². The molecule has 0 radical (unpaired) electrons. The van der Waals surface area contributed by atoms with Crippen LogP contribution in [0.3, 0.4) is 0 Å². The topological polar surface area (TPSA) is 60.1 Å². The maximum Gasteiger partial charge on any atom is 0.236 e. The molecule has 23 heavy (non-hydrogen) atoms. The second kappa shape index (κ2) is 5.72. The van der Waals surface area contributed by atoms with Gasteiger partial charge in [-0.1, -0.05) is 43.5 Å². The van der Waals surface area contributed by atoms with Gasteiger partial charge in [0.15, 0.2) is 0 Å². The highest BCUT2D eigenvalue weighted by Crippen LogP contribution is 2.28. The van der Waals surface area contributed by atoms with E-state index in [-0.39, 0.29) is 10.8 Å². The van der Waals surface area contributed by atoms with E-state index in [2.05, 4.69) is 22.0 Å². The molecule has 0 saturated heterocycles. The highest BCUT2D eigenvalue weighted by Gasteiger charge is 2.31. The fourth-order valence-electron chi connectivity index (χ4n) is 4.10. The number of nitrogens with one attached hydrogen (secondary N) is 1. The Morgan fingerprint density at radius 3 is 2.70 bits per heavy atom. The van der Waals surface area contributed by atoms with Crippen LogP contribution >= 0.6 is 0 Å². The first-order valence-electron chi connectivity index (χ1n) is 8.42. The van der Waals surface area contributed by atoms with Gasteiger partial charge < -0.3 is 9.88 Å². The Bertz CT molecular complexity index is 862. The minimum atomic E-state index is -0.585. The van der Waals surface area contributed by atoms with E-state index in [1.807, 2.05) is 24.4 Å². The van der Waals surface area contributed by atoms with Gasteiger partial charge in [0.2, 0.25) is 6.04 Å². The van der Waals surface area contributed by atoms with E-state index in [0.29, 0.717) is 6.67 Å². The average Bonchev–Trinajstić information content (AvgIpc) is 3.15. The Morgan fingerprint density at radius 2 is 1.96 bits per heavy atom. The molecule has 0 spiro atoms. The Labute approximate surface area is 134 Å². The third-order valence-corrected chi connectivity index (χ3v) is 5.25. The molecule has 1 aromatic heterocycles. The van der Waals surface area contributed by atoms with Gasteiger partial charge in [-0.15, -0.1) is 0 Å². The van der Waals surface area contributed by atoms with E-state index < -0.39 is 6.04 Å². The summed E-state index contributed by atoms with van der Waals surface area (Å²) in [6.07, 6.45) is 9.29. The number of aromatic nitrogens is 1. The van der Waals surface area contributed by atoms with E-state index in [1.54, 1.807) is 0 Å². The lowest BCUT2D eigenvalue weighted by atomic mass is 9.84. The summed E-state index contributed by atoms with van der Waals surface area (Å²) in [5, 5.41) is 19.3. The largest absolute Gasteiger partial charge is 0.372 e. The van der Waals surface area contributed by atoms with Crippen LogP contribution in [0, 0.1) is 16.0 Å². The van der Waals surface area contributed by atoms with Crippen molar-refractivity contribution in [2.45, 2.75) is 44.8 Å². The molecule has 1 fully saturated rings. The number of benzene rings is 1. The van der Waals surface area contributed by atoms with Crippen LogP contribution in [0.5, 0.6) is 0 Å². The minimum absolute atomic E-state index is 0.0865. The molecule has 120 valence electrons. The summed E-state index contributed by atoms with van der Waals surface area (Å²) in [5.74, 6) is 0.169. The van der Waals surface area contributed by atoms with Gasteiger partial charge in [0, 0.05) is 33.9 Å². The zero-order chi connectivity index (χ0) is 15.8. The van der Waals surface area contributed by atoms with Gasteiger partial charge >= 0.3 is 0 Å². The summed E-state index contributed by atoms with van der Waals surface area (Å²) < 4.78 is 2.16. The third kappa shape index (κ3) is 2.40. The van der Waals surface area contributed by atoms with Crippen LogP contribution < -0.4 is 16.0 Å². The molecule has 1 saturated carbocycles. The number of rotatable bonds is 3. The van der Waals surface area contributed by atoms with Gasteiger partial charge in [0.05, 0.1) is 17.4 Å². The van der Waals surface area contributed by atoms with Crippen molar-refractivity contribution in [1.82, 2.24) is 9.88 Å². The fraction of sp³-hybridized carbons (Fsp3) is 0.444. The summed E-state index contributed by atoms with van der Waals surface area (Å²) in [6, 6.07) is 7.59. The second-order valence-corrected chi connectivity index (χ2v) is 6.59. The summed E-state index contributed by atoms with van der Waals surface area (Å²) in [6.45, 7) is 0.685. The molecule has 2 aliphatic rings. The molecule has 5 heteroatoms. The van der Waals surface area contributed by atoms with Gasteiger partial charge in [-0.2, -0.15) is 0 Å². The minimum Gasteiger partial charge on any atom is -0.372 e. The second-order valence-electron chi connectivity index (χ2n) is 6.59. The first-order valence-corrected chi connectivity index (χ1v) is 8.42. The molecule has 4 rings (SSSR count). The predicted octanol–water partition coefficient (Wildman–Crippen LogP) is 1.95. The molecule has 0 bridgehead atoms. The zero-order valence-corrected chi connectivity index (χ0v) is 13.1. The highest BCUT2D eigenvalue weighted by molar-refractivity contribution is 5.85. The first-order chi connectivity index (χ1) is 11.3. The van der Waals surface area contributed by atoms with Gasteiger partial charge in [-0.05, 0) is 12.8 Å². The lowest BCUT2D eigenvalue weighted by Gasteiger charge is -2.22. The molecule has 0 amide bonds. The number of nitrogens with zero attached hydrogens (tertiary/aromatic N) is 2. The molecule has 1 N–H and O–H groups in total. The number of nitro groups is 1. The number of fused-ring (bicyclic) bond motifs is 3. The highest BCUT2D eigenvalue weighted by atomic mass is 16.6. The van der Waals surface area contributed by atoms with Crippen molar-refractivity contribution in [1.29, 1.82) is 0 Å². The van der Waals surface area contributed by atoms with E-state index >= 15 is 0 Å². The van der Waals surface area contributed by atoms with Crippen LogP contribution in [0.4, 0.5) is 0 Å². The molecular formula is C18H21N3O2. The van der Waals surface area contributed by atoms with E-state index in [4.69, 9.17) is 0 Å². The quantitative estimate of drug-likeness (QED) is 0.696. The number of hydrogen-bond acceptors (Lipinski definition) is 3. The lowest BCUT2D eigenvalue weighted by Crippen LogP contribution is -2.33. The smallest absolute Gasteiger partial charge is 0.236 e. The predicted molar refractivity (Wildman–Crippen MR) is 90.6 cm³/mol. The van der Waals surface area contributed by atoms with Gasteiger partial charge in [-0.25, -0.2) is 0 Å². The van der Waals surface area contributed by atoms with E-state index in [0.717, 1.165) is 47.2 Å². The van der Waals surface area contributed by atoms with Crippen LogP contribution in [0.1, 0.15) is 32.1 Å². The summed E-state index contributed by atoms with van der Waals surface area (Å²) >= 11 is 0. The molecule has 1 unspecified atom stereocenters. The van der Waals surface area contributed by atoms with Crippen LogP contribution in [0.15, 0.2) is 24.3 Å². The molecule has 2 aromatic rings. The molecule has 1 aromatic carbocycles. The summed E-state index contributed by atoms with van der Waals surface area (Å²) in [4.78, 5) is 11.6. The Kier molecular flexibility index (Phi) is 3.56. The summed E-state index contributed by atoms with van der Waals surface area (Å²) in [7, 11) is 0.